The molecule has 0 aliphatic carbocycles. The Morgan fingerprint density at radius 3 is 2.76 bits per heavy atom. The van der Waals surface area contributed by atoms with E-state index in [2.05, 4.69) is 40.8 Å². The van der Waals surface area contributed by atoms with Crippen LogP contribution >= 0.6 is 0 Å². The number of hydrogen-bond acceptors (Lipinski definition) is 3. The number of likely N-dealkylation sites (N-methyl/N-ethyl adjacent to an activating group) is 1. The van der Waals surface area contributed by atoms with Crippen molar-refractivity contribution in [2.45, 2.75) is 33.4 Å². The lowest BCUT2D eigenvalue weighted by Crippen LogP contribution is -2.25. The average molecular weight is 283 g/mol. The van der Waals surface area contributed by atoms with Crippen molar-refractivity contribution < 1.29 is 4.42 Å². The monoisotopic (exact) mass is 283 g/mol. The van der Waals surface area contributed by atoms with Crippen molar-refractivity contribution in [1.82, 2.24) is 14.9 Å². The van der Waals surface area contributed by atoms with Crippen molar-refractivity contribution in [1.29, 1.82) is 0 Å². The Bertz CT molecular complexity index is 708. The van der Waals surface area contributed by atoms with E-state index in [1.165, 1.54) is 5.69 Å². The van der Waals surface area contributed by atoms with Gasteiger partial charge in [-0.05, 0) is 32.5 Å². The molecule has 2 heterocycles. The first-order valence-electron chi connectivity index (χ1n) is 7.39. The van der Waals surface area contributed by atoms with Gasteiger partial charge in [0.1, 0.15) is 11.3 Å². The molecule has 0 fully saturated rings. The minimum Gasteiger partial charge on any atom is -0.459 e. The van der Waals surface area contributed by atoms with Crippen molar-refractivity contribution in [3.63, 3.8) is 0 Å². The third kappa shape index (κ3) is 2.72. The molecule has 1 atom stereocenters. The molecule has 0 saturated carbocycles. The highest BCUT2D eigenvalue weighted by Crippen LogP contribution is 2.25. The molecule has 4 heteroatoms. The predicted molar refractivity (Wildman–Crippen MR) is 84.3 cm³/mol. The molecule has 0 amide bonds. The van der Waals surface area contributed by atoms with Gasteiger partial charge in [0.15, 0.2) is 0 Å². The van der Waals surface area contributed by atoms with Crippen molar-refractivity contribution in [3.8, 4) is 0 Å². The molecule has 1 aromatic carbocycles. The summed E-state index contributed by atoms with van der Waals surface area (Å²) in [4.78, 5) is 4.37. The molecule has 110 valence electrons. The van der Waals surface area contributed by atoms with Crippen LogP contribution in [-0.4, -0.2) is 16.1 Å². The predicted octanol–water partition coefficient (Wildman–Crippen LogP) is 3.60. The molecule has 1 unspecified atom stereocenters. The third-order valence-electron chi connectivity index (χ3n) is 3.96. The van der Waals surface area contributed by atoms with Crippen LogP contribution < -0.4 is 5.32 Å². The quantitative estimate of drug-likeness (QED) is 0.778. The van der Waals surface area contributed by atoms with E-state index in [9.17, 15) is 0 Å². The smallest absolute Gasteiger partial charge is 0.134 e. The normalized spacial score (nSPS) is 12.9. The topological polar surface area (TPSA) is 43.0 Å². The number of furan rings is 1. The molecule has 4 nitrogen and oxygen atoms in total. The number of para-hydroxylation sites is 1. The number of nitrogens with zero attached hydrogens (tertiary/aromatic N) is 2. The van der Waals surface area contributed by atoms with E-state index >= 15 is 0 Å². The zero-order valence-electron chi connectivity index (χ0n) is 12.8. The van der Waals surface area contributed by atoms with E-state index < -0.39 is 0 Å². The van der Waals surface area contributed by atoms with Gasteiger partial charge in [0.05, 0.1) is 18.1 Å². The lowest BCUT2D eigenvalue weighted by atomic mass is 10.2. The van der Waals surface area contributed by atoms with E-state index in [1.807, 2.05) is 31.5 Å². The molecule has 0 aliphatic heterocycles. The Morgan fingerprint density at radius 1 is 1.29 bits per heavy atom. The maximum atomic E-state index is 6.01. The molecule has 1 N–H and O–H groups in total. The van der Waals surface area contributed by atoms with Crippen LogP contribution in [0.3, 0.4) is 0 Å². The van der Waals surface area contributed by atoms with E-state index in [0.29, 0.717) is 0 Å². The number of imidazole rings is 1. The van der Waals surface area contributed by atoms with Gasteiger partial charge in [0.2, 0.25) is 0 Å². The summed E-state index contributed by atoms with van der Waals surface area (Å²) in [7, 11) is 0. The number of aryl methyl sites for hydroxylation is 1. The van der Waals surface area contributed by atoms with Crippen LogP contribution in [0.2, 0.25) is 0 Å². The summed E-state index contributed by atoms with van der Waals surface area (Å²) >= 11 is 0. The Kier molecular flexibility index (Phi) is 3.80. The maximum Gasteiger partial charge on any atom is 0.134 e. The second-order valence-corrected chi connectivity index (χ2v) is 5.36. The molecule has 0 spiro atoms. The first kappa shape index (κ1) is 13.9. The average Bonchev–Trinajstić information content (AvgIpc) is 3.05. The summed E-state index contributed by atoms with van der Waals surface area (Å²) < 4.78 is 8.18. The van der Waals surface area contributed by atoms with Crippen LogP contribution in [-0.2, 0) is 6.54 Å². The van der Waals surface area contributed by atoms with Gasteiger partial charge in [-0.3, -0.25) is 0 Å². The molecule has 3 rings (SSSR count). The van der Waals surface area contributed by atoms with Gasteiger partial charge in [0, 0.05) is 17.6 Å². The minimum atomic E-state index is 0.148. The Labute approximate surface area is 124 Å². The summed E-state index contributed by atoms with van der Waals surface area (Å²) in [6.45, 7) is 7.97. The van der Waals surface area contributed by atoms with Gasteiger partial charge < -0.3 is 14.3 Å². The standard InChI is InChI=1S/C17H21N3O/c1-4-18-15(10-20-11-19-12(2)13(20)3)17-9-14-7-5-6-8-16(14)21-17/h5-9,11,15,18H,4,10H2,1-3H3. The van der Waals surface area contributed by atoms with Gasteiger partial charge in [-0.2, -0.15) is 0 Å². The Balaban J connectivity index is 1.91. The van der Waals surface area contributed by atoms with Crippen LogP contribution in [0, 0.1) is 13.8 Å². The molecule has 0 aliphatic rings. The number of nitrogens with one attached hydrogen (secondary N) is 1. The highest BCUT2D eigenvalue weighted by Gasteiger charge is 2.17. The van der Waals surface area contributed by atoms with E-state index in [1.54, 1.807) is 0 Å². The molecule has 2 aromatic heterocycles. The van der Waals surface area contributed by atoms with Crippen LogP contribution in [0.15, 0.2) is 41.1 Å². The Morgan fingerprint density at radius 2 is 2.10 bits per heavy atom. The molecule has 0 saturated heterocycles. The molecule has 0 radical (unpaired) electrons. The molecule has 3 aromatic rings. The highest BCUT2D eigenvalue weighted by molar-refractivity contribution is 5.77. The van der Waals surface area contributed by atoms with Gasteiger partial charge in [0.25, 0.3) is 0 Å². The fourth-order valence-electron chi connectivity index (χ4n) is 2.60. The van der Waals surface area contributed by atoms with Crippen LogP contribution in [0.5, 0.6) is 0 Å². The largest absolute Gasteiger partial charge is 0.459 e. The van der Waals surface area contributed by atoms with E-state index in [4.69, 9.17) is 4.42 Å². The second-order valence-electron chi connectivity index (χ2n) is 5.36. The van der Waals surface area contributed by atoms with Gasteiger partial charge >= 0.3 is 0 Å². The maximum absolute atomic E-state index is 6.01. The zero-order valence-corrected chi connectivity index (χ0v) is 12.8. The lowest BCUT2D eigenvalue weighted by Gasteiger charge is -2.17. The Hall–Kier alpha value is -2.07. The number of fused-ring (bicyclic) bond motifs is 1. The molecule has 0 bridgehead atoms. The summed E-state index contributed by atoms with van der Waals surface area (Å²) in [5.41, 5.74) is 3.22. The zero-order chi connectivity index (χ0) is 14.8. The summed E-state index contributed by atoms with van der Waals surface area (Å²) in [6.07, 6.45) is 1.90. The first-order valence-corrected chi connectivity index (χ1v) is 7.39. The molecule has 21 heavy (non-hydrogen) atoms. The summed E-state index contributed by atoms with van der Waals surface area (Å²) in [5.74, 6) is 0.976. The third-order valence-corrected chi connectivity index (χ3v) is 3.96. The fraction of sp³-hybridized carbons (Fsp3) is 0.353. The SMILES string of the molecule is CCNC(Cn1cnc(C)c1C)c1cc2ccccc2o1. The van der Waals surface area contributed by atoms with Gasteiger partial charge in [-0.15, -0.1) is 0 Å². The highest BCUT2D eigenvalue weighted by atomic mass is 16.3. The van der Waals surface area contributed by atoms with Crippen molar-refractivity contribution >= 4 is 11.0 Å². The molecular formula is C17H21N3O. The second kappa shape index (κ2) is 5.74. The number of aromatic nitrogens is 2. The summed E-state index contributed by atoms with van der Waals surface area (Å²) in [6, 6.07) is 10.4. The van der Waals surface area contributed by atoms with Crippen LogP contribution in [0.25, 0.3) is 11.0 Å². The van der Waals surface area contributed by atoms with Gasteiger partial charge in [-0.1, -0.05) is 25.1 Å². The van der Waals surface area contributed by atoms with E-state index in [-0.39, 0.29) is 6.04 Å². The number of hydrogen-bond donors (Lipinski definition) is 1. The fourth-order valence-corrected chi connectivity index (χ4v) is 2.60. The van der Waals surface area contributed by atoms with Crippen molar-refractivity contribution in [2.24, 2.45) is 0 Å². The molecular weight excluding hydrogens is 262 g/mol. The first-order chi connectivity index (χ1) is 10.2. The number of rotatable bonds is 5. The minimum absolute atomic E-state index is 0.148. The van der Waals surface area contributed by atoms with Crippen molar-refractivity contribution in [3.05, 3.63) is 53.8 Å². The van der Waals surface area contributed by atoms with E-state index in [0.717, 1.165) is 35.5 Å². The van der Waals surface area contributed by atoms with Crippen LogP contribution in [0.1, 0.15) is 30.1 Å². The van der Waals surface area contributed by atoms with Crippen molar-refractivity contribution in [2.75, 3.05) is 6.54 Å². The lowest BCUT2D eigenvalue weighted by molar-refractivity contribution is 0.393. The van der Waals surface area contributed by atoms with Gasteiger partial charge in [-0.25, -0.2) is 4.98 Å². The number of benzene rings is 1. The van der Waals surface area contributed by atoms with Crippen LogP contribution in [0.4, 0.5) is 0 Å². The summed E-state index contributed by atoms with van der Waals surface area (Å²) in [5, 5.41) is 4.65.